The zero-order chi connectivity index (χ0) is 21.1. The van der Waals surface area contributed by atoms with E-state index in [0.717, 1.165) is 45.6 Å². The largest absolute Gasteiger partial charge is 0.377 e. The fourth-order valence-electron chi connectivity index (χ4n) is 3.77. The molecule has 1 unspecified atom stereocenters. The maximum atomic E-state index is 6.48. The van der Waals surface area contributed by atoms with Gasteiger partial charge in [0.15, 0.2) is 0 Å². The number of aryl methyl sites for hydroxylation is 1. The molecule has 3 N–H and O–H groups in total. The van der Waals surface area contributed by atoms with Crippen LogP contribution < -0.4 is 16.0 Å². The van der Waals surface area contributed by atoms with E-state index in [4.69, 9.17) is 10.7 Å². The van der Waals surface area contributed by atoms with Gasteiger partial charge in [0, 0.05) is 43.0 Å². The summed E-state index contributed by atoms with van der Waals surface area (Å²) < 4.78 is 0. The van der Waals surface area contributed by atoms with E-state index in [1.54, 1.807) is 0 Å². The predicted molar refractivity (Wildman–Crippen MR) is 128 cm³/mol. The molecular weight excluding hydrogens is 368 g/mol. The molecule has 1 heterocycles. The molecular formula is C26H28N4. The van der Waals surface area contributed by atoms with Crippen LogP contribution in [-0.2, 0) is 6.42 Å². The van der Waals surface area contributed by atoms with Crippen molar-refractivity contribution in [2.45, 2.75) is 19.4 Å². The van der Waals surface area contributed by atoms with E-state index < -0.39 is 0 Å². The Labute approximate surface area is 178 Å². The highest BCUT2D eigenvalue weighted by molar-refractivity contribution is 5.93. The summed E-state index contributed by atoms with van der Waals surface area (Å²) in [5, 5.41) is 4.64. The Morgan fingerprint density at radius 2 is 1.67 bits per heavy atom. The number of benzene rings is 3. The van der Waals surface area contributed by atoms with Crippen LogP contribution in [-0.4, -0.2) is 19.1 Å². The quantitative estimate of drug-likeness (QED) is 0.446. The van der Waals surface area contributed by atoms with Gasteiger partial charge in [0.2, 0.25) is 0 Å². The molecule has 4 aromatic rings. The van der Waals surface area contributed by atoms with Crippen molar-refractivity contribution >= 4 is 28.1 Å². The average molecular weight is 397 g/mol. The lowest BCUT2D eigenvalue weighted by Crippen LogP contribution is -2.13. The van der Waals surface area contributed by atoms with Gasteiger partial charge in [-0.25, -0.2) is 4.98 Å². The lowest BCUT2D eigenvalue weighted by molar-refractivity contribution is 0.721. The number of nitrogens with two attached hydrogens (primary N) is 1. The molecule has 3 aromatic carbocycles. The lowest BCUT2D eigenvalue weighted by atomic mass is 9.98. The second-order valence-corrected chi connectivity index (χ2v) is 7.93. The first-order chi connectivity index (χ1) is 14.5. The Morgan fingerprint density at radius 3 is 2.40 bits per heavy atom. The second kappa shape index (κ2) is 8.56. The number of anilines is 3. The van der Waals surface area contributed by atoms with Gasteiger partial charge in [-0.3, -0.25) is 0 Å². The molecule has 4 heteroatoms. The monoisotopic (exact) mass is 396 g/mol. The van der Waals surface area contributed by atoms with Gasteiger partial charge in [-0.15, -0.1) is 0 Å². The topological polar surface area (TPSA) is 54.2 Å². The summed E-state index contributed by atoms with van der Waals surface area (Å²) in [6, 6.07) is 27.0. The van der Waals surface area contributed by atoms with Crippen molar-refractivity contribution in [3.05, 3.63) is 95.6 Å². The summed E-state index contributed by atoms with van der Waals surface area (Å²) >= 11 is 0. The van der Waals surface area contributed by atoms with Crippen LogP contribution in [0.5, 0.6) is 0 Å². The highest BCUT2D eigenvalue weighted by atomic mass is 15.1. The van der Waals surface area contributed by atoms with Crippen LogP contribution in [0.25, 0.3) is 10.9 Å². The van der Waals surface area contributed by atoms with Crippen molar-refractivity contribution in [3.8, 4) is 0 Å². The van der Waals surface area contributed by atoms with E-state index >= 15 is 0 Å². The molecule has 0 aliphatic rings. The number of pyridine rings is 1. The first kappa shape index (κ1) is 19.9. The minimum absolute atomic E-state index is 0.0284. The number of hydrogen-bond acceptors (Lipinski definition) is 4. The van der Waals surface area contributed by atoms with Gasteiger partial charge in [-0.2, -0.15) is 0 Å². The summed E-state index contributed by atoms with van der Waals surface area (Å²) in [4.78, 5) is 6.92. The fourth-order valence-corrected chi connectivity index (χ4v) is 3.77. The molecule has 0 saturated heterocycles. The second-order valence-electron chi connectivity index (χ2n) is 7.93. The first-order valence-electron chi connectivity index (χ1n) is 10.3. The van der Waals surface area contributed by atoms with Crippen LogP contribution >= 0.6 is 0 Å². The SMILES string of the molecule is Cc1cc(C(N)Cc2ccccc2)ccc1Nc1cc(N(C)C)c2ccccc2n1. The number of nitrogens with zero attached hydrogens (tertiary/aromatic N) is 2. The Balaban J connectivity index is 1.58. The minimum Gasteiger partial charge on any atom is -0.377 e. The minimum atomic E-state index is -0.0284. The van der Waals surface area contributed by atoms with E-state index in [-0.39, 0.29) is 6.04 Å². The normalized spacial score (nSPS) is 12.0. The number of hydrogen-bond donors (Lipinski definition) is 2. The molecule has 0 bridgehead atoms. The molecule has 0 fully saturated rings. The Kier molecular flexibility index (Phi) is 5.68. The van der Waals surface area contributed by atoms with E-state index in [9.17, 15) is 0 Å². The molecule has 152 valence electrons. The fraction of sp³-hybridized carbons (Fsp3) is 0.192. The molecule has 0 spiro atoms. The van der Waals surface area contributed by atoms with Crippen molar-refractivity contribution in [1.82, 2.24) is 4.98 Å². The van der Waals surface area contributed by atoms with Crippen molar-refractivity contribution in [2.24, 2.45) is 5.73 Å². The molecule has 1 atom stereocenters. The Morgan fingerprint density at radius 1 is 0.933 bits per heavy atom. The van der Waals surface area contributed by atoms with Crippen LogP contribution in [0.15, 0.2) is 78.9 Å². The first-order valence-corrected chi connectivity index (χ1v) is 10.3. The van der Waals surface area contributed by atoms with E-state index in [2.05, 4.69) is 85.8 Å². The summed E-state index contributed by atoms with van der Waals surface area (Å²) in [5.74, 6) is 0.835. The Bertz CT molecular complexity index is 1150. The highest BCUT2D eigenvalue weighted by Gasteiger charge is 2.11. The lowest BCUT2D eigenvalue weighted by Gasteiger charge is -2.19. The van der Waals surface area contributed by atoms with E-state index in [1.165, 1.54) is 5.56 Å². The van der Waals surface area contributed by atoms with Crippen LogP contribution in [0, 0.1) is 6.92 Å². The third kappa shape index (κ3) is 4.29. The van der Waals surface area contributed by atoms with Gasteiger partial charge in [0.05, 0.1) is 5.52 Å². The molecule has 4 nitrogen and oxygen atoms in total. The van der Waals surface area contributed by atoms with Crippen molar-refractivity contribution < 1.29 is 0 Å². The zero-order valence-electron chi connectivity index (χ0n) is 17.8. The van der Waals surface area contributed by atoms with Crippen LogP contribution in [0.2, 0.25) is 0 Å². The smallest absolute Gasteiger partial charge is 0.133 e. The molecule has 30 heavy (non-hydrogen) atoms. The number of para-hydroxylation sites is 1. The summed E-state index contributed by atoms with van der Waals surface area (Å²) in [7, 11) is 4.11. The molecule has 1 aromatic heterocycles. The van der Waals surface area contributed by atoms with Gasteiger partial charge in [0.1, 0.15) is 5.82 Å². The number of rotatable bonds is 6. The molecule has 0 aliphatic heterocycles. The third-order valence-electron chi connectivity index (χ3n) is 5.42. The maximum absolute atomic E-state index is 6.48. The van der Waals surface area contributed by atoms with Crippen LogP contribution in [0.4, 0.5) is 17.2 Å². The number of aromatic nitrogens is 1. The summed E-state index contributed by atoms with van der Waals surface area (Å²) in [6.45, 7) is 2.11. The van der Waals surface area contributed by atoms with Gasteiger partial charge >= 0.3 is 0 Å². The van der Waals surface area contributed by atoms with Crippen molar-refractivity contribution in [1.29, 1.82) is 0 Å². The molecule has 0 radical (unpaired) electrons. The standard InChI is InChI=1S/C26H28N4/c1-18-15-20(22(27)16-19-9-5-4-6-10-19)13-14-23(18)28-26-17-25(30(2)3)21-11-7-8-12-24(21)29-26/h4-15,17,22H,16,27H2,1-3H3,(H,28,29). The van der Waals surface area contributed by atoms with Crippen LogP contribution in [0.1, 0.15) is 22.7 Å². The predicted octanol–water partition coefficient (Wildman–Crippen LogP) is 5.60. The third-order valence-corrected chi connectivity index (χ3v) is 5.42. The van der Waals surface area contributed by atoms with Gasteiger partial charge in [-0.05, 0) is 42.2 Å². The molecule has 4 rings (SSSR count). The van der Waals surface area contributed by atoms with E-state index in [0.29, 0.717) is 0 Å². The summed E-state index contributed by atoms with van der Waals surface area (Å²) in [5.41, 5.74) is 13.2. The Hall–Kier alpha value is -3.37. The molecule has 0 saturated carbocycles. The summed E-state index contributed by atoms with van der Waals surface area (Å²) in [6.07, 6.45) is 0.825. The van der Waals surface area contributed by atoms with Crippen molar-refractivity contribution in [3.63, 3.8) is 0 Å². The maximum Gasteiger partial charge on any atom is 0.133 e. The number of nitrogens with one attached hydrogen (secondary N) is 1. The molecule has 0 amide bonds. The highest BCUT2D eigenvalue weighted by Crippen LogP contribution is 2.30. The van der Waals surface area contributed by atoms with Gasteiger partial charge in [0.25, 0.3) is 0 Å². The van der Waals surface area contributed by atoms with E-state index in [1.807, 2.05) is 24.3 Å². The zero-order valence-corrected chi connectivity index (χ0v) is 17.8. The van der Waals surface area contributed by atoms with Gasteiger partial charge < -0.3 is 16.0 Å². The number of fused-ring (bicyclic) bond motifs is 1. The molecule has 0 aliphatic carbocycles. The van der Waals surface area contributed by atoms with Gasteiger partial charge in [-0.1, -0.05) is 60.7 Å². The van der Waals surface area contributed by atoms with Crippen LogP contribution in [0.3, 0.4) is 0 Å². The van der Waals surface area contributed by atoms with Crippen molar-refractivity contribution in [2.75, 3.05) is 24.3 Å². The average Bonchev–Trinajstić information content (AvgIpc) is 2.75.